The smallest absolute Gasteiger partial charge is 0.253 e. The first-order valence-corrected chi connectivity index (χ1v) is 9.59. The zero-order valence-electron chi connectivity index (χ0n) is 15.1. The van der Waals surface area contributed by atoms with Gasteiger partial charge >= 0.3 is 0 Å². The normalized spacial score (nSPS) is 18.5. The van der Waals surface area contributed by atoms with Gasteiger partial charge in [0.2, 0.25) is 0 Å². The number of hydrogen-bond acceptors (Lipinski definition) is 6. The minimum absolute atomic E-state index is 0.107. The van der Waals surface area contributed by atoms with Crippen molar-refractivity contribution >= 4 is 23.4 Å². The van der Waals surface area contributed by atoms with Gasteiger partial charge in [-0.3, -0.25) is 4.79 Å². The maximum absolute atomic E-state index is 12.3. The predicted octanol–water partition coefficient (Wildman–Crippen LogP) is 2.88. The lowest BCUT2D eigenvalue weighted by molar-refractivity contribution is -0.130. The van der Waals surface area contributed by atoms with E-state index in [-0.39, 0.29) is 12.0 Å². The Labute approximate surface area is 157 Å². The van der Waals surface area contributed by atoms with Gasteiger partial charge in [0.25, 0.3) is 5.91 Å². The second-order valence-electron chi connectivity index (χ2n) is 6.30. The minimum atomic E-state index is -0.520. The first kappa shape index (κ1) is 18.9. The van der Waals surface area contributed by atoms with Crippen molar-refractivity contribution in [2.45, 2.75) is 48.4 Å². The van der Waals surface area contributed by atoms with Crippen LogP contribution in [0.1, 0.15) is 26.2 Å². The third-order valence-electron chi connectivity index (χ3n) is 4.18. The Hall–Kier alpha value is -1.90. The molecule has 7 nitrogen and oxygen atoms in total. The molecule has 1 saturated heterocycles. The molecular formula is C18H24N4O3S. The minimum Gasteiger partial charge on any atom is -0.376 e. The lowest BCUT2D eigenvalue weighted by atomic mass is 10.1. The van der Waals surface area contributed by atoms with Crippen molar-refractivity contribution in [2.75, 3.05) is 18.5 Å². The number of carbonyl (C=O) groups excluding carboxylic acids is 1. The van der Waals surface area contributed by atoms with Gasteiger partial charge in [0.05, 0.1) is 12.7 Å². The molecule has 1 aromatic carbocycles. The van der Waals surface area contributed by atoms with Crippen molar-refractivity contribution in [3.8, 4) is 0 Å². The molecule has 8 heteroatoms. The molecule has 0 radical (unpaired) electrons. The number of nitrogens with zero attached hydrogens (tertiary/aromatic N) is 3. The summed E-state index contributed by atoms with van der Waals surface area (Å²) in [5.74, 6) is -0.158. The zero-order chi connectivity index (χ0) is 18.4. The Kier molecular flexibility index (Phi) is 6.65. The monoisotopic (exact) mass is 376 g/mol. The average Bonchev–Trinajstić information content (AvgIpc) is 3.06. The van der Waals surface area contributed by atoms with Crippen LogP contribution in [0.2, 0.25) is 0 Å². The molecule has 2 atom stereocenters. The van der Waals surface area contributed by atoms with Gasteiger partial charge in [-0.05, 0) is 62.2 Å². The van der Waals surface area contributed by atoms with Crippen LogP contribution < -0.4 is 5.32 Å². The van der Waals surface area contributed by atoms with E-state index in [1.807, 2.05) is 35.9 Å². The lowest BCUT2D eigenvalue weighted by Crippen LogP contribution is -2.32. The fraction of sp³-hybridized carbons (Fsp3) is 0.500. The predicted molar refractivity (Wildman–Crippen MR) is 99.2 cm³/mol. The molecule has 1 aromatic heterocycles. The average molecular weight is 376 g/mol. The summed E-state index contributed by atoms with van der Waals surface area (Å²) in [6.07, 6.45) is 4.52. The fourth-order valence-corrected chi connectivity index (χ4v) is 3.35. The summed E-state index contributed by atoms with van der Waals surface area (Å²) in [5.41, 5.74) is 0.738. The summed E-state index contributed by atoms with van der Waals surface area (Å²) in [4.78, 5) is 13.3. The Morgan fingerprint density at radius 1 is 1.42 bits per heavy atom. The summed E-state index contributed by atoms with van der Waals surface area (Å²) >= 11 is 1.52. The SMILES string of the molecule is CC(OCC1CCCCO1)C(=O)Nc1ccc(Sc2nncn2C)cc1. The first-order chi connectivity index (χ1) is 12.6. The van der Waals surface area contributed by atoms with Gasteiger partial charge in [-0.15, -0.1) is 10.2 Å². The van der Waals surface area contributed by atoms with Gasteiger partial charge in [-0.2, -0.15) is 0 Å². The highest BCUT2D eigenvalue weighted by atomic mass is 32.2. The van der Waals surface area contributed by atoms with Crippen LogP contribution in [0.4, 0.5) is 5.69 Å². The van der Waals surface area contributed by atoms with Gasteiger partial charge in [0.15, 0.2) is 5.16 Å². The second kappa shape index (κ2) is 9.16. The highest BCUT2D eigenvalue weighted by Gasteiger charge is 2.19. The molecule has 2 aromatic rings. The van der Waals surface area contributed by atoms with Crippen molar-refractivity contribution in [1.29, 1.82) is 0 Å². The Morgan fingerprint density at radius 2 is 2.23 bits per heavy atom. The largest absolute Gasteiger partial charge is 0.376 e. The van der Waals surface area contributed by atoms with Crippen LogP contribution in [-0.4, -0.2) is 46.1 Å². The number of ether oxygens (including phenoxy) is 2. The van der Waals surface area contributed by atoms with Gasteiger partial charge in [0.1, 0.15) is 12.4 Å². The zero-order valence-corrected chi connectivity index (χ0v) is 15.9. The van der Waals surface area contributed by atoms with Crippen LogP contribution in [-0.2, 0) is 21.3 Å². The number of carbonyl (C=O) groups is 1. The summed E-state index contributed by atoms with van der Waals surface area (Å²) in [6, 6.07) is 7.62. The molecule has 0 bridgehead atoms. The van der Waals surface area contributed by atoms with E-state index in [2.05, 4.69) is 15.5 Å². The number of benzene rings is 1. The summed E-state index contributed by atoms with van der Waals surface area (Å²) in [6.45, 7) is 3.01. The van der Waals surface area contributed by atoms with Crippen molar-refractivity contribution in [1.82, 2.24) is 14.8 Å². The molecule has 0 spiro atoms. The second-order valence-corrected chi connectivity index (χ2v) is 7.34. The summed E-state index contributed by atoms with van der Waals surface area (Å²) in [5, 5.41) is 11.6. The van der Waals surface area contributed by atoms with E-state index in [1.165, 1.54) is 11.8 Å². The highest BCUT2D eigenvalue weighted by molar-refractivity contribution is 7.99. The molecule has 140 valence electrons. The van der Waals surface area contributed by atoms with E-state index in [1.54, 1.807) is 13.3 Å². The number of anilines is 1. The van der Waals surface area contributed by atoms with Crippen LogP contribution in [0.25, 0.3) is 0 Å². The lowest BCUT2D eigenvalue weighted by Gasteiger charge is -2.23. The van der Waals surface area contributed by atoms with E-state index < -0.39 is 6.10 Å². The molecule has 2 heterocycles. The maximum atomic E-state index is 12.3. The topological polar surface area (TPSA) is 78.3 Å². The Balaban J connectivity index is 1.46. The van der Waals surface area contributed by atoms with Crippen molar-refractivity contribution in [2.24, 2.45) is 7.05 Å². The molecular weight excluding hydrogens is 352 g/mol. The van der Waals surface area contributed by atoms with Crippen molar-refractivity contribution in [3.05, 3.63) is 30.6 Å². The summed E-state index contributed by atoms with van der Waals surface area (Å²) in [7, 11) is 1.90. The van der Waals surface area contributed by atoms with Crippen LogP contribution in [0.5, 0.6) is 0 Å². The van der Waals surface area contributed by atoms with Crippen LogP contribution in [0, 0.1) is 0 Å². The number of hydrogen-bond donors (Lipinski definition) is 1. The third kappa shape index (κ3) is 5.30. The van der Waals surface area contributed by atoms with Crippen LogP contribution in [0.15, 0.2) is 40.6 Å². The van der Waals surface area contributed by atoms with Crippen molar-refractivity contribution in [3.63, 3.8) is 0 Å². The third-order valence-corrected chi connectivity index (χ3v) is 5.24. The molecule has 1 aliphatic rings. The standard InChI is InChI=1S/C18H24N4O3S/c1-13(25-11-15-5-3-4-10-24-15)17(23)20-14-6-8-16(9-7-14)26-18-21-19-12-22(18)2/h6-9,12-13,15H,3-5,10-11H2,1-2H3,(H,20,23). The number of aromatic nitrogens is 3. The van der Waals surface area contributed by atoms with E-state index in [9.17, 15) is 4.79 Å². The molecule has 0 aliphatic carbocycles. The van der Waals surface area contributed by atoms with E-state index in [4.69, 9.17) is 9.47 Å². The molecule has 2 unspecified atom stereocenters. The maximum Gasteiger partial charge on any atom is 0.253 e. The number of amides is 1. The van der Waals surface area contributed by atoms with Crippen LogP contribution in [0.3, 0.4) is 0 Å². The fourth-order valence-electron chi connectivity index (χ4n) is 2.59. The first-order valence-electron chi connectivity index (χ1n) is 8.78. The molecule has 1 fully saturated rings. The number of rotatable bonds is 7. The van der Waals surface area contributed by atoms with Crippen LogP contribution >= 0.6 is 11.8 Å². The quantitative estimate of drug-likeness (QED) is 0.801. The molecule has 0 saturated carbocycles. The highest BCUT2D eigenvalue weighted by Crippen LogP contribution is 2.26. The molecule has 3 rings (SSSR count). The number of aryl methyl sites for hydroxylation is 1. The van der Waals surface area contributed by atoms with Gasteiger partial charge in [0, 0.05) is 24.2 Å². The summed E-state index contributed by atoms with van der Waals surface area (Å²) < 4.78 is 13.1. The Bertz CT molecular complexity index is 713. The molecule has 1 N–H and O–H groups in total. The number of nitrogens with one attached hydrogen (secondary N) is 1. The van der Waals surface area contributed by atoms with Gasteiger partial charge in [-0.1, -0.05) is 0 Å². The Morgan fingerprint density at radius 3 is 2.88 bits per heavy atom. The van der Waals surface area contributed by atoms with E-state index >= 15 is 0 Å². The van der Waals surface area contributed by atoms with Crippen molar-refractivity contribution < 1.29 is 14.3 Å². The van der Waals surface area contributed by atoms with Gasteiger partial charge in [-0.25, -0.2) is 0 Å². The molecule has 1 amide bonds. The van der Waals surface area contributed by atoms with E-state index in [0.29, 0.717) is 6.61 Å². The van der Waals surface area contributed by atoms with Gasteiger partial charge < -0.3 is 19.4 Å². The molecule has 1 aliphatic heterocycles. The van der Waals surface area contributed by atoms with E-state index in [0.717, 1.165) is 41.6 Å². The molecule has 26 heavy (non-hydrogen) atoms.